The first-order chi connectivity index (χ1) is 14.0. The molecule has 1 aliphatic rings. The van der Waals surface area contributed by atoms with Crippen LogP contribution in [0.1, 0.15) is 41.0 Å². The van der Waals surface area contributed by atoms with Crippen molar-refractivity contribution in [2.75, 3.05) is 26.7 Å². The maximum atomic E-state index is 12.5. The number of piperidine rings is 1. The minimum absolute atomic E-state index is 0.0509. The summed E-state index contributed by atoms with van der Waals surface area (Å²) in [6, 6.07) is 13.2. The first-order valence-electron chi connectivity index (χ1n) is 9.77. The molecule has 0 saturated carbocycles. The van der Waals surface area contributed by atoms with Crippen molar-refractivity contribution < 1.29 is 19.1 Å². The summed E-state index contributed by atoms with van der Waals surface area (Å²) in [5, 5.41) is 1.86. The van der Waals surface area contributed by atoms with Crippen molar-refractivity contribution >= 4 is 29.1 Å². The van der Waals surface area contributed by atoms with Gasteiger partial charge >= 0.3 is 5.97 Å². The highest BCUT2D eigenvalue weighted by atomic mass is 32.1. The van der Waals surface area contributed by atoms with Gasteiger partial charge in [-0.1, -0.05) is 36.4 Å². The van der Waals surface area contributed by atoms with E-state index >= 15 is 0 Å². The monoisotopic (exact) mass is 414 g/mol. The Morgan fingerprint density at radius 1 is 1.21 bits per heavy atom. The van der Waals surface area contributed by atoms with Crippen molar-refractivity contribution in [1.29, 1.82) is 0 Å². The van der Waals surface area contributed by atoms with Crippen LogP contribution in [0.5, 0.6) is 0 Å². The van der Waals surface area contributed by atoms with Gasteiger partial charge < -0.3 is 14.5 Å². The Hall–Kier alpha value is -2.67. The lowest BCUT2D eigenvalue weighted by Gasteiger charge is -2.31. The summed E-state index contributed by atoms with van der Waals surface area (Å²) in [4.78, 5) is 41.4. The van der Waals surface area contributed by atoms with E-state index < -0.39 is 11.9 Å². The molecule has 2 unspecified atom stereocenters. The molecular formula is C22H26N2O4S. The zero-order valence-electron chi connectivity index (χ0n) is 16.7. The van der Waals surface area contributed by atoms with Crippen molar-refractivity contribution in [3.05, 3.63) is 58.3 Å². The lowest BCUT2D eigenvalue weighted by atomic mass is 9.98. The molecule has 2 amide bonds. The smallest absolute Gasteiger partial charge is 0.311 e. The number of hydrogen-bond acceptors (Lipinski definition) is 5. The summed E-state index contributed by atoms with van der Waals surface area (Å²) < 4.78 is 5.30. The minimum Gasteiger partial charge on any atom is -0.455 e. The summed E-state index contributed by atoms with van der Waals surface area (Å²) >= 11 is 1.39. The van der Waals surface area contributed by atoms with E-state index in [1.807, 2.05) is 48.7 Å². The standard InChI is InChI=1S/C22H26N2O4S/c1-16(17-8-4-3-5-9-17)23(2)20(25)15-28-22(27)18-10-6-12-24(14-18)21(26)19-11-7-13-29-19/h3-5,7-9,11,13,16,18H,6,10,12,14-15H2,1-2H3. The number of nitrogens with zero attached hydrogens (tertiary/aromatic N) is 2. The fourth-order valence-corrected chi connectivity index (χ4v) is 4.12. The van der Waals surface area contributed by atoms with Gasteiger partial charge in [-0.2, -0.15) is 0 Å². The Bertz CT molecular complexity index is 838. The van der Waals surface area contributed by atoms with Crippen LogP contribution in [0.3, 0.4) is 0 Å². The molecule has 0 spiro atoms. The quantitative estimate of drug-likeness (QED) is 0.680. The average Bonchev–Trinajstić information content (AvgIpc) is 3.31. The number of hydrogen-bond donors (Lipinski definition) is 0. The maximum Gasteiger partial charge on any atom is 0.311 e. The predicted octanol–water partition coefficient (Wildman–Crippen LogP) is 3.36. The number of carbonyl (C=O) groups is 3. The molecule has 2 aromatic rings. The van der Waals surface area contributed by atoms with Gasteiger partial charge in [0.25, 0.3) is 11.8 Å². The first kappa shape index (κ1) is 21.0. The number of ether oxygens (including phenoxy) is 1. The van der Waals surface area contributed by atoms with Crippen LogP contribution in [0.15, 0.2) is 47.8 Å². The Balaban J connectivity index is 1.50. The number of carbonyl (C=O) groups excluding carboxylic acids is 3. The summed E-state index contributed by atoms with van der Waals surface area (Å²) in [5.74, 6) is -1.11. The number of amides is 2. The second-order valence-electron chi connectivity index (χ2n) is 7.27. The van der Waals surface area contributed by atoms with E-state index in [1.54, 1.807) is 22.9 Å². The predicted molar refractivity (Wildman–Crippen MR) is 112 cm³/mol. The molecule has 1 aromatic carbocycles. The molecule has 154 valence electrons. The molecular weight excluding hydrogens is 388 g/mol. The molecule has 0 radical (unpaired) electrons. The molecule has 1 saturated heterocycles. The molecule has 7 heteroatoms. The molecule has 0 bridgehead atoms. The number of rotatable bonds is 6. The fraction of sp³-hybridized carbons (Fsp3) is 0.409. The van der Waals surface area contributed by atoms with Crippen LogP contribution in [0, 0.1) is 5.92 Å². The molecule has 1 aromatic heterocycles. The molecule has 1 aliphatic heterocycles. The third-order valence-corrected chi connectivity index (χ3v) is 6.23. The highest BCUT2D eigenvalue weighted by molar-refractivity contribution is 7.12. The van der Waals surface area contributed by atoms with E-state index in [4.69, 9.17) is 4.74 Å². The largest absolute Gasteiger partial charge is 0.455 e. The van der Waals surface area contributed by atoms with E-state index in [9.17, 15) is 14.4 Å². The number of thiophene rings is 1. The van der Waals surface area contributed by atoms with Gasteiger partial charge in [-0.3, -0.25) is 14.4 Å². The van der Waals surface area contributed by atoms with Crippen molar-refractivity contribution in [3.8, 4) is 0 Å². The van der Waals surface area contributed by atoms with Crippen LogP contribution < -0.4 is 0 Å². The first-order valence-corrected chi connectivity index (χ1v) is 10.7. The normalized spacial score (nSPS) is 17.4. The van der Waals surface area contributed by atoms with Crippen LogP contribution in [0.25, 0.3) is 0 Å². The highest BCUT2D eigenvalue weighted by Crippen LogP contribution is 2.22. The van der Waals surface area contributed by atoms with Gasteiger partial charge in [0, 0.05) is 20.1 Å². The van der Waals surface area contributed by atoms with Gasteiger partial charge in [0.05, 0.1) is 16.8 Å². The Kier molecular flexibility index (Phi) is 7.04. The molecule has 0 aliphatic carbocycles. The van der Waals surface area contributed by atoms with Crippen molar-refractivity contribution in [3.63, 3.8) is 0 Å². The molecule has 2 heterocycles. The van der Waals surface area contributed by atoms with Gasteiger partial charge in [-0.05, 0) is 36.8 Å². The van der Waals surface area contributed by atoms with Gasteiger partial charge in [0.1, 0.15) is 0 Å². The summed E-state index contributed by atoms with van der Waals surface area (Å²) in [6.07, 6.45) is 1.41. The van der Waals surface area contributed by atoms with Gasteiger partial charge in [-0.15, -0.1) is 11.3 Å². The van der Waals surface area contributed by atoms with E-state index in [0.717, 1.165) is 12.0 Å². The van der Waals surface area contributed by atoms with Gasteiger partial charge in [0.15, 0.2) is 6.61 Å². The van der Waals surface area contributed by atoms with Crippen LogP contribution >= 0.6 is 11.3 Å². The van der Waals surface area contributed by atoms with Gasteiger partial charge in [0.2, 0.25) is 0 Å². The molecule has 3 rings (SSSR count). The number of likely N-dealkylation sites (tertiary alicyclic amines) is 1. The van der Waals surface area contributed by atoms with Crippen LogP contribution in [0.2, 0.25) is 0 Å². The topological polar surface area (TPSA) is 66.9 Å². The minimum atomic E-state index is -0.414. The lowest BCUT2D eigenvalue weighted by molar-refractivity contribution is -0.156. The third-order valence-electron chi connectivity index (χ3n) is 5.37. The van der Waals surface area contributed by atoms with Crippen LogP contribution in [-0.2, 0) is 14.3 Å². The lowest BCUT2D eigenvalue weighted by Crippen LogP contribution is -2.43. The Morgan fingerprint density at radius 3 is 2.66 bits per heavy atom. The van der Waals surface area contributed by atoms with Crippen molar-refractivity contribution in [2.45, 2.75) is 25.8 Å². The molecule has 29 heavy (non-hydrogen) atoms. The molecule has 2 atom stereocenters. The highest BCUT2D eigenvalue weighted by Gasteiger charge is 2.31. The third kappa shape index (κ3) is 5.23. The Labute approximate surface area is 175 Å². The average molecular weight is 415 g/mol. The SMILES string of the molecule is CC(c1ccccc1)N(C)C(=O)COC(=O)C1CCCN(C(=O)c2cccs2)C1. The van der Waals surface area contributed by atoms with Crippen molar-refractivity contribution in [1.82, 2.24) is 9.80 Å². The van der Waals surface area contributed by atoms with Crippen molar-refractivity contribution in [2.24, 2.45) is 5.92 Å². The number of benzene rings is 1. The molecule has 6 nitrogen and oxygen atoms in total. The second-order valence-corrected chi connectivity index (χ2v) is 8.21. The summed E-state index contributed by atoms with van der Waals surface area (Å²) in [7, 11) is 1.70. The van der Waals surface area contributed by atoms with E-state index in [0.29, 0.717) is 24.4 Å². The van der Waals surface area contributed by atoms with Crippen LogP contribution in [0.4, 0.5) is 0 Å². The Morgan fingerprint density at radius 2 is 1.97 bits per heavy atom. The zero-order valence-corrected chi connectivity index (χ0v) is 17.6. The second kappa shape index (κ2) is 9.69. The van der Waals surface area contributed by atoms with E-state index in [2.05, 4.69) is 0 Å². The van der Waals surface area contributed by atoms with E-state index in [1.165, 1.54) is 11.3 Å². The fourth-order valence-electron chi connectivity index (χ4n) is 3.43. The molecule has 0 N–H and O–H groups in total. The number of likely N-dealkylation sites (N-methyl/N-ethyl adjacent to an activating group) is 1. The number of esters is 1. The van der Waals surface area contributed by atoms with Crippen LogP contribution in [-0.4, -0.2) is 54.3 Å². The zero-order chi connectivity index (χ0) is 20.8. The van der Waals surface area contributed by atoms with E-state index in [-0.39, 0.29) is 24.5 Å². The maximum absolute atomic E-state index is 12.5. The molecule has 1 fully saturated rings. The summed E-state index contributed by atoms with van der Waals surface area (Å²) in [6.45, 7) is 2.61. The summed E-state index contributed by atoms with van der Waals surface area (Å²) in [5.41, 5.74) is 1.02. The van der Waals surface area contributed by atoms with Gasteiger partial charge in [-0.25, -0.2) is 0 Å².